The Morgan fingerprint density at radius 3 is 2.68 bits per heavy atom. The van der Waals surface area contributed by atoms with Gasteiger partial charge in [-0.2, -0.15) is 4.99 Å². The third-order valence-electron chi connectivity index (χ3n) is 4.85. The second kappa shape index (κ2) is 7.54. The van der Waals surface area contributed by atoms with Gasteiger partial charge in [-0.15, -0.1) is 0 Å². The van der Waals surface area contributed by atoms with Gasteiger partial charge >= 0.3 is 0 Å². The number of aliphatic imine (C=N–C) groups is 1. The second-order valence-electron chi connectivity index (χ2n) is 7.10. The summed E-state index contributed by atoms with van der Waals surface area (Å²) in [5, 5.41) is 0.969. The van der Waals surface area contributed by atoms with Gasteiger partial charge in [-0.3, -0.25) is 4.79 Å². The average molecular weight is 435 g/mol. The first-order valence-electron chi connectivity index (χ1n) is 8.90. The Balaban J connectivity index is 1.63. The fourth-order valence-corrected chi connectivity index (χ4v) is 7.63. The highest BCUT2D eigenvalue weighted by Crippen LogP contribution is 2.41. The van der Waals surface area contributed by atoms with E-state index in [9.17, 15) is 13.2 Å². The number of carbonyl (C=O) groups excluding carboxylic acids is 1. The number of benzene rings is 2. The van der Waals surface area contributed by atoms with Crippen LogP contribution in [0.5, 0.6) is 0 Å². The van der Waals surface area contributed by atoms with Crippen LogP contribution >= 0.6 is 23.4 Å². The predicted molar refractivity (Wildman–Crippen MR) is 115 cm³/mol. The maximum atomic E-state index is 12.6. The molecule has 28 heavy (non-hydrogen) atoms. The van der Waals surface area contributed by atoms with Crippen LogP contribution in [0.4, 0.5) is 5.69 Å². The number of thioether (sulfide) groups is 1. The van der Waals surface area contributed by atoms with Gasteiger partial charge in [0, 0.05) is 16.0 Å². The number of hydrogen-bond acceptors (Lipinski definition) is 4. The van der Waals surface area contributed by atoms with Crippen molar-refractivity contribution in [3.63, 3.8) is 0 Å². The number of halogens is 1. The predicted octanol–water partition coefficient (Wildman–Crippen LogP) is 3.49. The molecule has 1 amide bonds. The summed E-state index contributed by atoms with van der Waals surface area (Å²) in [5.74, 6) is -0.0892. The molecule has 2 fully saturated rings. The zero-order chi connectivity index (χ0) is 19.9. The standard InChI is InChI=1S/C20H19ClN2O3S2/c1-13-5-7-14(8-6-13)9-19(24)22-20-23(16-4-2-3-15(21)10-16)17-11-28(25,26)12-18(17)27-20/h2-8,10,17-18H,9,11-12H2,1H3/t17-,18-/m0/s1. The number of fused-ring (bicyclic) bond motifs is 1. The van der Waals surface area contributed by atoms with E-state index in [0.29, 0.717) is 10.2 Å². The quantitative estimate of drug-likeness (QED) is 0.739. The number of amides is 1. The minimum atomic E-state index is -3.10. The summed E-state index contributed by atoms with van der Waals surface area (Å²) in [6, 6.07) is 14.7. The Morgan fingerprint density at radius 1 is 1.21 bits per heavy atom. The highest BCUT2D eigenvalue weighted by Gasteiger charge is 2.49. The van der Waals surface area contributed by atoms with Crippen molar-refractivity contribution in [1.82, 2.24) is 0 Å². The van der Waals surface area contributed by atoms with Crippen molar-refractivity contribution in [2.75, 3.05) is 16.4 Å². The van der Waals surface area contributed by atoms with E-state index < -0.39 is 9.84 Å². The largest absolute Gasteiger partial charge is 0.316 e. The van der Waals surface area contributed by atoms with Crippen molar-refractivity contribution in [2.45, 2.75) is 24.6 Å². The summed E-state index contributed by atoms with van der Waals surface area (Å²) in [7, 11) is -3.10. The molecule has 146 valence electrons. The fourth-order valence-electron chi connectivity index (χ4n) is 3.52. The minimum absolute atomic E-state index is 0.0579. The van der Waals surface area contributed by atoms with Crippen LogP contribution in [0.3, 0.4) is 0 Å². The van der Waals surface area contributed by atoms with Gasteiger partial charge in [-0.1, -0.05) is 59.3 Å². The lowest BCUT2D eigenvalue weighted by atomic mass is 10.1. The minimum Gasteiger partial charge on any atom is -0.316 e. The number of hydrogen-bond donors (Lipinski definition) is 0. The molecule has 0 saturated carbocycles. The van der Waals surface area contributed by atoms with E-state index >= 15 is 0 Å². The first kappa shape index (κ1) is 19.5. The van der Waals surface area contributed by atoms with E-state index in [0.717, 1.165) is 16.8 Å². The lowest BCUT2D eigenvalue weighted by Gasteiger charge is -2.24. The van der Waals surface area contributed by atoms with Crippen LogP contribution in [0.1, 0.15) is 11.1 Å². The number of aryl methyl sites for hydroxylation is 1. The zero-order valence-corrected chi connectivity index (χ0v) is 17.6. The zero-order valence-electron chi connectivity index (χ0n) is 15.2. The number of anilines is 1. The molecule has 0 N–H and O–H groups in total. The molecule has 5 nitrogen and oxygen atoms in total. The number of rotatable bonds is 3. The fraction of sp³-hybridized carbons (Fsp3) is 0.300. The first-order chi connectivity index (χ1) is 13.3. The smallest absolute Gasteiger partial charge is 0.252 e. The van der Waals surface area contributed by atoms with Gasteiger partial charge < -0.3 is 4.90 Å². The van der Waals surface area contributed by atoms with Crippen LogP contribution in [0.2, 0.25) is 5.02 Å². The van der Waals surface area contributed by atoms with Crippen molar-refractivity contribution in [3.8, 4) is 0 Å². The van der Waals surface area contributed by atoms with Crippen molar-refractivity contribution in [1.29, 1.82) is 0 Å². The first-order valence-corrected chi connectivity index (χ1v) is 12.0. The highest BCUT2D eigenvalue weighted by molar-refractivity contribution is 8.16. The average Bonchev–Trinajstić information content (AvgIpc) is 3.07. The van der Waals surface area contributed by atoms with E-state index in [1.807, 2.05) is 48.2 Å². The molecule has 8 heteroatoms. The van der Waals surface area contributed by atoms with Gasteiger partial charge in [0.1, 0.15) is 0 Å². The molecule has 0 spiro atoms. The molecular weight excluding hydrogens is 416 g/mol. The highest BCUT2D eigenvalue weighted by atomic mass is 35.5. The number of carbonyl (C=O) groups is 1. The Morgan fingerprint density at radius 2 is 1.96 bits per heavy atom. The van der Waals surface area contributed by atoms with E-state index in [1.165, 1.54) is 11.8 Å². The molecule has 0 aliphatic carbocycles. The summed E-state index contributed by atoms with van der Waals surface area (Å²) in [6.07, 6.45) is 0.210. The Kier molecular flexibility index (Phi) is 5.24. The molecule has 2 aliphatic rings. The lowest BCUT2D eigenvalue weighted by molar-refractivity contribution is -0.117. The molecule has 2 aromatic carbocycles. The van der Waals surface area contributed by atoms with Crippen molar-refractivity contribution in [3.05, 3.63) is 64.7 Å². The number of nitrogens with zero attached hydrogens (tertiary/aromatic N) is 2. The van der Waals surface area contributed by atoms with E-state index in [1.54, 1.807) is 12.1 Å². The summed E-state index contributed by atoms with van der Waals surface area (Å²) in [4.78, 5) is 18.8. The molecule has 4 rings (SSSR count). The maximum Gasteiger partial charge on any atom is 0.252 e. The Hall–Kier alpha value is -1.83. The van der Waals surface area contributed by atoms with Crippen LogP contribution in [0.25, 0.3) is 0 Å². The Bertz CT molecular complexity index is 1050. The summed E-state index contributed by atoms with van der Waals surface area (Å²) in [5.41, 5.74) is 2.79. The van der Waals surface area contributed by atoms with Crippen LogP contribution in [0.15, 0.2) is 53.5 Å². The second-order valence-corrected chi connectivity index (χ2v) is 10.9. The van der Waals surface area contributed by atoms with Gasteiger partial charge in [-0.05, 0) is 30.7 Å². The van der Waals surface area contributed by atoms with Gasteiger partial charge in [0.15, 0.2) is 15.0 Å². The van der Waals surface area contributed by atoms with Gasteiger partial charge in [0.05, 0.1) is 24.0 Å². The third kappa shape index (κ3) is 4.11. The van der Waals surface area contributed by atoms with Crippen LogP contribution in [-0.4, -0.2) is 42.3 Å². The van der Waals surface area contributed by atoms with E-state index in [-0.39, 0.29) is 35.1 Å². The molecule has 2 atom stereocenters. The van der Waals surface area contributed by atoms with Gasteiger partial charge in [-0.25, -0.2) is 8.42 Å². The van der Waals surface area contributed by atoms with Gasteiger partial charge in [0.2, 0.25) is 0 Å². The summed E-state index contributed by atoms with van der Waals surface area (Å²) < 4.78 is 24.2. The normalized spacial score (nSPS) is 24.5. The van der Waals surface area contributed by atoms with Crippen LogP contribution in [0, 0.1) is 6.92 Å². The molecule has 0 aromatic heterocycles. The molecular formula is C20H19ClN2O3S2. The molecule has 2 heterocycles. The number of sulfone groups is 1. The molecule has 0 bridgehead atoms. The summed E-state index contributed by atoms with van der Waals surface area (Å²) >= 11 is 7.50. The summed E-state index contributed by atoms with van der Waals surface area (Å²) in [6.45, 7) is 2.00. The van der Waals surface area contributed by atoms with E-state index in [4.69, 9.17) is 11.6 Å². The van der Waals surface area contributed by atoms with Crippen molar-refractivity contribution >= 4 is 50.0 Å². The number of amidine groups is 1. The van der Waals surface area contributed by atoms with Crippen LogP contribution in [-0.2, 0) is 21.1 Å². The van der Waals surface area contributed by atoms with Crippen molar-refractivity contribution in [2.24, 2.45) is 4.99 Å². The molecule has 2 aliphatic heterocycles. The molecule has 0 radical (unpaired) electrons. The third-order valence-corrected chi connectivity index (χ3v) is 8.29. The monoisotopic (exact) mass is 434 g/mol. The van der Waals surface area contributed by atoms with Gasteiger partial charge in [0.25, 0.3) is 5.91 Å². The molecule has 0 unspecified atom stereocenters. The lowest BCUT2D eigenvalue weighted by Crippen LogP contribution is -2.37. The molecule has 2 saturated heterocycles. The Labute approximate surface area is 173 Å². The van der Waals surface area contributed by atoms with Crippen LogP contribution < -0.4 is 4.90 Å². The maximum absolute atomic E-state index is 12.6. The molecule has 2 aromatic rings. The van der Waals surface area contributed by atoms with E-state index in [2.05, 4.69) is 4.99 Å². The topological polar surface area (TPSA) is 66.8 Å². The van der Waals surface area contributed by atoms with Crippen molar-refractivity contribution < 1.29 is 13.2 Å². The SMILES string of the molecule is Cc1ccc(CC(=O)N=C2S[C@H]3CS(=O)(=O)C[C@@H]3N2c2cccc(Cl)c2)cc1.